The van der Waals surface area contributed by atoms with Crippen LogP contribution in [0.25, 0.3) is 0 Å². The average Bonchev–Trinajstić information content (AvgIpc) is 2.32. The monoisotopic (exact) mass is 300 g/mol. The number of halogens is 3. The first-order valence-electron chi connectivity index (χ1n) is 5.57. The summed E-state index contributed by atoms with van der Waals surface area (Å²) in [6.45, 7) is 1.50. The Hall–Kier alpha value is -1.23. The Labute approximate surface area is 120 Å². The topological polar surface area (TPSA) is 46.0 Å². The van der Waals surface area contributed by atoms with Crippen molar-refractivity contribution >= 4 is 23.2 Å². The zero-order valence-electron chi connectivity index (χ0n) is 10.1. The third kappa shape index (κ3) is 3.41. The zero-order chi connectivity index (χ0) is 14.0. The Morgan fingerprint density at radius 2 is 1.95 bits per heavy atom. The van der Waals surface area contributed by atoms with Crippen LogP contribution in [-0.4, -0.2) is 15.1 Å². The van der Waals surface area contributed by atoms with Crippen molar-refractivity contribution in [3.8, 4) is 0 Å². The Balaban J connectivity index is 2.38. The molecule has 0 fully saturated rings. The van der Waals surface area contributed by atoms with Crippen LogP contribution in [0.15, 0.2) is 18.2 Å². The molecule has 100 valence electrons. The summed E-state index contributed by atoms with van der Waals surface area (Å²) >= 11 is 11.9. The van der Waals surface area contributed by atoms with Crippen LogP contribution in [0.3, 0.4) is 0 Å². The molecule has 0 radical (unpaired) electrons. The fraction of sp³-hybridized carbons (Fsp3) is 0.231. The van der Waals surface area contributed by atoms with Gasteiger partial charge in [0.25, 0.3) is 0 Å². The van der Waals surface area contributed by atoms with Crippen LogP contribution >= 0.6 is 23.2 Å². The number of aromatic nitrogens is 2. The maximum absolute atomic E-state index is 13.3. The summed E-state index contributed by atoms with van der Waals surface area (Å²) in [5.41, 5.74) is 2.04. The molecule has 2 rings (SSSR count). The quantitative estimate of drug-likeness (QED) is 0.885. The third-order valence-corrected chi connectivity index (χ3v) is 3.19. The maximum atomic E-state index is 13.3. The summed E-state index contributed by atoms with van der Waals surface area (Å²) in [7, 11) is 0. The van der Waals surface area contributed by atoms with Crippen LogP contribution in [0.1, 0.15) is 22.6 Å². The van der Waals surface area contributed by atoms with Crippen molar-refractivity contribution in [2.24, 2.45) is 0 Å². The molecule has 0 saturated heterocycles. The lowest BCUT2D eigenvalue weighted by Crippen LogP contribution is -2.04. The van der Waals surface area contributed by atoms with E-state index in [9.17, 15) is 4.39 Å². The highest BCUT2D eigenvalue weighted by Crippen LogP contribution is 2.23. The SMILES string of the molecule is Cc1nc(CO)nc(Cl)c1Cc1cc(F)cc(Cl)c1. The van der Waals surface area contributed by atoms with Crippen molar-refractivity contribution in [3.05, 3.63) is 56.8 Å². The number of hydrogen-bond acceptors (Lipinski definition) is 3. The van der Waals surface area contributed by atoms with E-state index in [1.54, 1.807) is 13.0 Å². The molecule has 6 heteroatoms. The second-order valence-corrected chi connectivity index (χ2v) is 4.90. The molecule has 0 saturated carbocycles. The normalized spacial score (nSPS) is 10.8. The summed E-state index contributed by atoms with van der Waals surface area (Å²) in [5.74, 6) is -0.132. The van der Waals surface area contributed by atoms with Gasteiger partial charge in [-0.15, -0.1) is 0 Å². The predicted molar refractivity (Wildman–Crippen MR) is 71.9 cm³/mol. The molecule has 0 amide bonds. The Morgan fingerprint density at radius 3 is 2.53 bits per heavy atom. The molecule has 0 aliphatic rings. The highest BCUT2D eigenvalue weighted by atomic mass is 35.5. The molecule has 2 aromatic rings. The van der Waals surface area contributed by atoms with Crippen LogP contribution in [0.4, 0.5) is 4.39 Å². The predicted octanol–water partition coefficient (Wildman–Crippen LogP) is 3.31. The van der Waals surface area contributed by atoms with Crippen molar-refractivity contribution in [2.75, 3.05) is 0 Å². The largest absolute Gasteiger partial charge is 0.388 e. The van der Waals surface area contributed by atoms with Crippen LogP contribution in [0.5, 0.6) is 0 Å². The van der Waals surface area contributed by atoms with Gasteiger partial charge in [-0.3, -0.25) is 0 Å². The second kappa shape index (κ2) is 5.82. The van der Waals surface area contributed by atoms with E-state index in [0.29, 0.717) is 28.3 Å². The van der Waals surface area contributed by atoms with E-state index in [4.69, 9.17) is 28.3 Å². The summed E-state index contributed by atoms with van der Waals surface area (Å²) in [6, 6.07) is 4.30. The van der Waals surface area contributed by atoms with Crippen molar-refractivity contribution in [3.63, 3.8) is 0 Å². The van der Waals surface area contributed by atoms with E-state index in [1.165, 1.54) is 12.1 Å². The molecule has 0 aliphatic carbocycles. The van der Waals surface area contributed by atoms with Gasteiger partial charge in [-0.25, -0.2) is 14.4 Å². The third-order valence-electron chi connectivity index (χ3n) is 2.65. The Morgan fingerprint density at radius 1 is 1.21 bits per heavy atom. The van der Waals surface area contributed by atoms with Crippen LogP contribution < -0.4 is 0 Å². The van der Waals surface area contributed by atoms with E-state index in [1.807, 2.05) is 0 Å². The zero-order valence-corrected chi connectivity index (χ0v) is 11.6. The number of aryl methyl sites for hydroxylation is 1. The molecule has 19 heavy (non-hydrogen) atoms. The van der Waals surface area contributed by atoms with Crippen LogP contribution in [0.2, 0.25) is 10.2 Å². The highest BCUT2D eigenvalue weighted by molar-refractivity contribution is 6.30. The second-order valence-electron chi connectivity index (χ2n) is 4.11. The maximum Gasteiger partial charge on any atom is 0.155 e. The molecule has 0 atom stereocenters. The van der Waals surface area contributed by atoms with Crippen molar-refractivity contribution < 1.29 is 9.50 Å². The highest BCUT2D eigenvalue weighted by Gasteiger charge is 2.11. The standard InChI is InChI=1S/C13H11Cl2FN2O/c1-7-11(13(15)18-12(6-19)17-7)4-8-2-9(14)5-10(16)3-8/h2-3,5,19H,4,6H2,1H3. The van der Waals surface area contributed by atoms with Gasteiger partial charge in [-0.2, -0.15) is 0 Å². The molecule has 3 nitrogen and oxygen atoms in total. The van der Waals surface area contributed by atoms with E-state index in [0.717, 1.165) is 0 Å². The first kappa shape index (κ1) is 14.2. The summed E-state index contributed by atoms with van der Waals surface area (Å²) < 4.78 is 13.3. The van der Waals surface area contributed by atoms with E-state index in [-0.39, 0.29) is 17.6 Å². The molecule has 0 spiro atoms. The van der Waals surface area contributed by atoms with E-state index >= 15 is 0 Å². The first-order valence-corrected chi connectivity index (χ1v) is 6.33. The van der Waals surface area contributed by atoms with Gasteiger partial charge in [0.15, 0.2) is 5.82 Å². The van der Waals surface area contributed by atoms with Gasteiger partial charge in [-0.05, 0) is 30.7 Å². The van der Waals surface area contributed by atoms with Gasteiger partial charge in [0.05, 0.1) is 0 Å². The van der Waals surface area contributed by atoms with Crippen LogP contribution in [-0.2, 0) is 13.0 Å². The van der Waals surface area contributed by atoms with Gasteiger partial charge in [0, 0.05) is 22.7 Å². The molecule has 0 bridgehead atoms. The van der Waals surface area contributed by atoms with Crippen molar-refractivity contribution in [1.29, 1.82) is 0 Å². The molecule has 1 aromatic carbocycles. The number of hydrogen-bond donors (Lipinski definition) is 1. The minimum Gasteiger partial charge on any atom is -0.388 e. The molecule has 0 aliphatic heterocycles. The molecule has 1 heterocycles. The van der Waals surface area contributed by atoms with E-state index in [2.05, 4.69) is 9.97 Å². The summed E-state index contributed by atoms with van der Waals surface area (Å²) in [6.07, 6.45) is 0.383. The van der Waals surface area contributed by atoms with Gasteiger partial charge in [0.2, 0.25) is 0 Å². The summed E-state index contributed by atoms with van der Waals surface area (Å²) in [4.78, 5) is 8.09. The number of nitrogens with zero attached hydrogens (tertiary/aromatic N) is 2. The number of benzene rings is 1. The van der Waals surface area contributed by atoms with Gasteiger partial charge in [0.1, 0.15) is 17.6 Å². The fourth-order valence-electron chi connectivity index (χ4n) is 1.80. The molecule has 0 unspecified atom stereocenters. The number of aliphatic hydroxyl groups excluding tert-OH is 1. The lowest BCUT2D eigenvalue weighted by molar-refractivity contribution is 0.271. The molecular weight excluding hydrogens is 290 g/mol. The van der Waals surface area contributed by atoms with E-state index < -0.39 is 5.82 Å². The minimum atomic E-state index is -0.399. The number of aliphatic hydroxyl groups is 1. The summed E-state index contributed by atoms with van der Waals surface area (Å²) in [5, 5.41) is 9.58. The Bertz CT molecular complexity index is 576. The average molecular weight is 301 g/mol. The smallest absolute Gasteiger partial charge is 0.155 e. The van der Waals surface area contributed by atoms with Gasteiger partial charge >= 0.3 is 0 Å². The van der Waals surface area contributed by atoms with Gasteiger partial charge < -0.3 is 5.11 Å². The lowest BCUT2D eigenvalue weighted by atomic mass is 10.1. The first-order chi connectivity index (χ1) is 8.99. The minimum absolute atomic E-state index is 0.261. The fourth-order valence-corrected chi connectivity index (χ4v) is 2.35. The van der Waals surface area contributed by atoms with Crippen LogP contribution in [0, 0.1) is 12.7 Å². The molecule has 1 aromatic heterocycles. The number of rotatable bonds is 3. The van der Waals surface area contributed by atoms with Gasteiger partial charge in [-0.1, -0.05) is 23.2 Å². The van der Waals surface area contributed by atoms with Crippen molar-refractivity contribution in [2.45, 2.75) is 20.0 Å². The lowest BCUT2D eigenvalue weighted by Gasteiger charge is -2.09. The molecule has 1 N–H and O–H groups in total. The van der Waals surface area contributed by atoms with Crippen molar-refractivity contribution in [1.82, 2.24) is 9.97 Å². The molecular formula is C13H11Cl2FN2O. The Kier molecular flexibility index (Phi) is 4.34.